The number of amides is 1. The molecule has 140 valence electrons. The molecule has 2 rings (SSSR count). The number of Topliss-reactive ketones (excluding diaryl/α,β-unsaturated/α-hetero) is 1. The van der Waals surface area contributed by atoms with Gasteiger partial charge in [0.05, 0.1) is 0 Å². The number of unbranched alkanes of at least 4 members (excludes halogenated alkanes) is 1. The van der Waals surface area contributed by atoms with Gasteiger partial charge in [-0.25, -0.2) is 0 Å². The Morgan fingerprint density at radius 1 is 1.20 bits per heavy atom. The van der Waals surface area contributed by atoms with E-state index >= 15 is 0 Å². The van der Waals surface area contributed by atoms with Crippen molar-refractivity contribution in [2.24, 2.45) is 0 Å². The summed E-state index contributed by atoms with van der Waals surface area (Å²) in [7, 11) is 1.91. The van der Waals surface area contributed by atoms with Crippen LogP contribution in [-0.2, 0) is 11.2 Å². The van der Waals surface area contributed by atoms with Gasteiger partial charge in [-0.2, -0.15) is 0 Å². The average molecular weight is 367 g/mol. The van der Waals surface area contributed by atoms with Crippen LogP contribution in [0.1, 0.15) is 61.4 Å². The van der Waals surface area contributed by atoms with E-state index in [0.717, 1.165) is 37.9 Å². The summed E-state index contributed by atoms with van der Waals surface area (Å²) in [5.74, 6) is 0.176. The fraction of sp³-hybridized carbons (Fsp3) is 0.600. The number of benzene rings is 1. The Bertz CT molecular complexity index is 545. The third-order valence-corrected chi connectivity index (χ3v) is 4.80. The lowest BCUT2D eigenvalue weighted by atomic mass is 10.0. The van der Waals surface area contributed by atoms with Crippen LogP contribution < -0.4 is 5.32 Å². The van der Waals surface area contributed by atoms with E-state index in [2.05, 4.69) is 12.2 Å². The molecular weight excluding hydrogens is 336 g/mol. The summed E-state index contributed by atoms with van der Waals surface area (Å²) in [5.41, 5.74) is 1.99. The molecule has 1 N–H and O–H groups in total. The van der Waals surface area contributed by atoms with Crippen LogP contribution in [0.4, 0.5) is 0 Å². The Kier molecular flexibility index (Phi) is 9.76. The number of aryl methyl sites for hydroxylation is 1. The van der Waals surface area contributed by atoms with Crippen LogP contribution in [-0.4, -0.2) is 42.8 Å². The van der Waals surface area contributed by atoms with Crippen molar-refractivity contribution < 1.29 is 9.59 Å². The summed E-state index contributed by atoms with van der Waals surface area (Å²) >= 11 is 0. The number of nitrogens with zero attached hydrogens (tertiary/aromatic N) is 1. The maximum atomic E-state index is 12.4. The Morgan fingerprint density at radius 3 is 2.56 bits per heavy atom. The molecule has 1 amide bonds. The van der Waals surface area contributed by atoms with Gasteiger partial charge in [0, 0.05) is 37.5 Å². The van der Waals surface area contributed by atoms with E-state index < -0.39 is 0 Å². The van der Waals surface area contributed by atoms with Crippen molar-refractivity contribution in [2.45, 2.75) is 57.9 Å². The number of likely N-dealkylation sites (tertiary alicyclic amines) is 1. The first-order valence-corrected chi connectivity index (χ1v) is 9.22. The first-order chi connectivity index (χ1) is 11.7. The van der Waals surface area contributed by atoms with Crippen LogP contribution in [0.15, 0.2) is 24.3 Å². The van der Waals surface area contributed by atoms with Crippen LogP contribution in [0.5, 0.6) is 0 Å². The van der Waals surface area contributed by atoms with Crippen molar-refractivity contribution in [2.75, 3.05) is 20.1 Å². The molecule has 0 bridgehead atoms. The summed E-state index contributed by atoms with van der Waals surface area (Å²) in [4.78, 5) is 26.6. The van der Waals surface area contributed by atoms with Crippen LogP contribution >= 0.6 is 12.4 Å². The van der Waals surface area contributed by atoms with E-state index in [1.54, 1.807) is 0 Å². The predicted octanol–water partition coefficient (Wildman–Crippen LogP) is 3.62. The number of hydrogen-bond donors (Lipinski definition) is 1. The monoisotopic (exact) mass is 366 g/mol. The molecule has 1 unspecified atom stereocenters. The van der Waals surface area contributed by atoms with Crippen LogP contribution in [0, 0.1) is 0 Å². The molecule has 0 radical (unpaired) electrons. The van der Waals surface area contributed by atoms with Gasteiger partial charge in [0.25, 0.3) is 0 Å². The van der Waals surface area contributed by atoms with Gasteiger partial charge in [-0.1, -0.05) is 37.6 Å². The Labute approximate surface area is 157 Å². The lowest BCUT2D eigenvalue weighted by molar-refractivity contribution is -0.131. The first-order valence-electron chi connectivity index (χ1n) is 9.22. The van der Waals surface area contributed by atoms with Gasteiger partial charge in [0.2, 0.25) is 5.91 Å². The Morgan fingerprint density at radius 2 is 1.92 bits per heavy atom. The molecule has 1 heterocycles. The highest BCUT2D eigenvalue weighted by molar-refractivity contribution is 5.98. The number of carbonyl (C=O) groups excluding carboxylic acids is 2. The van der Waals surface area contributed by atoms with Gasteiger partial charge in [0.15, 0.2) is 5.78 Å². The van der Waals surface area contributed by atoms with Gasteiger partial charge in [-0.05, 0) is 38.3 Å². The van der Waals surface area contributed by atoms with Crippen molar-refractivity contribution in [3.8, 4) is 0 Å². The van der Waals surface area contributed by atoms with Crippen molar-refractivity contribution in [3.63, 3.8) is 0 Å². The Balaban J connectivity index is 0.00000312. The quantitative estimate of drug-likeness (QED) is 0.679. The van der Waals surface area contributed by atoms with Gasteiger partial charge in [-0.15, -0.1) is 12.4 Å². The van der Waals surface area contributed by atoms with Crippen LogP contribution in [0.3, 0.4) is 0 Å². The summed E-state index contributed by atoms with van der Waals surface area (Å²) in [6.45, 7) is 3.83. The molecule has 1 aliphatic rings. The maximum absolute atomic E-state index is 12.4. The number of hydrogen-bond acceptors (Lipinski definition) is 3. The molecule has 1 aromatic rings. The summed E-state index contributed by atoms with van der Waals surface area (Å²) < 4.78 is 0. The van der Waals surface area contributed by atoms with Crippen LogP contribution in [0.2, 0.25) is 0 Å². The standard InChI is InChI=1S/C20H30N2O2.ClH/c1-3-4-6-16-8-10-17(11-9-16)19(23)12-13-20(24)22-14-5-7-18(22)15-21-2;/h8-11,18,21H,3-7,12-15H2,1-2H3;1H. The van der Waals surface area contributed by atoms with E-state index in [1.807, 2.05) is 36.2 Å². The van der Waals surface area contributed by atoms with E-state index in [-0.39, 0.29) is 30.1 Å². The van der Waals surface area contributed by atoms with Gasteiger partial charge >= 0.3 is 0 Å². The lowest BCUT2D eigenvalue weighted by Gasteiger charge is -2.24. The smallest absolute Gasteiger partial charge is 0.223 e. The van der Waals surface area contributed by atoms with E-state index in [4.69, 9.17) is 0 Å². The molecular formula is C20H31ClN2O2. The van der Waals surface area contributed by atoms with Gasteiger partial charge < -0.3 is 10.2 Å². The second-order valence-corrected chi connectivity index (χ2v) is 6.66. The lowest BCUT2D eigenvalue weighted by Crippen LogP contribution is -2.40. The Hall–Kier alpha value is -1.39. The van der Waals surface area contributed by atoms with Crippen molar-refractivity contribution in [1.82, 2.24) is 10.2 Å². The molecule has 1 saturated heterocycles. The van der Waals surface area contributed by atoms with E-state index in [1.165, 1.54) is 18.4 Å². The highest BCUT2D eigenvalue weighted by Crippen LogP contribution is 2.19. The summed E-state index contributed by atoms with van der Waals surface area (Å²) in [6.07, 6.45) is 6.14. The highest BCUT2D eigenvalue weighted by Gasteiger charge is 2.27. The molecule has 5 heteroatoms. The van der Waals surface area contributed by atoms with Gasteiger partial charge in [0.1, 0.15) is 0 Å². The molecule has 0 aliphatic carbocycles. The number of carbonyl (C=O) groups is 2. The number of halogens is 1. The average Bonchev–Trinajstić information content (AvgIpc) is 3.06. The molecule has 1 aliphatic heterocycles. The molecule has 0 spiro atoms. The zero-order valence-electron chi connectivity index (χ0n) is 15.4. The number of ketones is 1. The summed E-state index contributed by atoms with van der Waals surface area (Å²) in [5, 5.41) is 3.14. The molecule has 1 atom stereocenters. The number of rotatable bonds is 9. The predicted molar refractivity (Wildman–Crippen MR) is 105 cm³/mol. The third kappa shape index (κ3) is 6.44. The minimum atomic E-state index is 0. The fourth-order valence-electron chi connectivity index (χ4n) is 3.36. The first kappa shape index (κ1) is 21.7. The third-order valence-electron chi connectivity index (χ3n) is 4.80. The minimum Gasteiger partial charge on any atom is -0.338 e. The second-order valence-electron chi connectivity index (χ2n) is 6.66. The molecule has 1 aromatic carbocycles. The molecule has 1 fully saturated rings. The zero-order chi connectivity index (χ0) is 17.4. The van der Waals surface area contributed by atoms with Crippen molar-refractivity contribution in [1.29, 1.82) is 0 Å². The maximum Gasteiger partial charge on any atom is 0.223 e. The number of nitrogens with one attached hydrogen (secondary N) is 1. The largest absolute Gasteiger partial charge is 0.338 e. The fourth-order valence-corrected chi connectivity index (χ4v) is 3.36. The zero-order valence-corrected chi connectivity index (χ0v) is 16.2. The molecule has 0 aromatic heterocycles. The molecule has 4 nitrogen and oxygen atoms in total. The summed E-state index contributed by atoms with van der Waals surface area (Å²) in [6, 6.07) is 8.16. The molecule has 25 heavy (non-hydrogen) atoms. The van der Waals surface area contributed by atoms with Crippen molar-refractivity contribution >= 4 is 24.1 Å². The van der Waals surface area contributed by atoms with E-state index in [0.29, 0.717) is 12.8 Å². The topological polar surface area (TPSA) is 49.4 Å². The molecule has 0 saturated carbocycles. The van der Waals surface area contributed by atoms with E-state index in [9.17, 15) is 9.59 Å². The second kappa shape index (κ2) is 11.3. The SMILES string of the molecule is CCCCc1ccc(C(=O)CCC(=O)N2CCCC2CNC)cc1.Cl. The van der Waals surface area contributed by atoms with Crippen molar-refractivity contribution in [3.05, 3.63) is 35.4 Å². The van der Waals surface area contributed by atoms with Gasteiger partial charge in [-0.3, -0.25) is 9.59 Å². The number of likely N-dealkylation sites (N-methyl/N-ethyl adjacent to an activating group) is 1. The highest BCUT2D eigenvalue weighted by atomic mass is 35.5. The minimum absolute atomic E-state index is 0. The normalized spacial score (nSPS) is 16.6. The van der Waals surface area contributed by atoms with Crippen LogP contribution in [0.25, 0.3) is 0 Å².